The summed E-state index contributed by atoms with van der Waals surface area (Å²) in [4.78, 5) is 17.3. The molecule has 2 aromatic rings. The second kappa shape index (κ2) is 7.36. The van der Waals surface area contributed by atoms with Gasteiger partial charge in [0, 0.05) is 12.6 Å². The summed E-state index contributed by atoms with van der Waals surface area (Å²) in [6.45, 7) is -0.163. The number of aliphatic hydroxyl groups excluding tert-OH is 2. The van der Waals surface area contributed by atoms with E-state index in [9.17, 15) is 9.90 Å². The molecule has 0 spiro atoms. The van der Waals surface area contributed by atoms with Crippen LogP contribution in [0.15, 0.2) is 22.7 Å². The summed E-state index contributed by atoms with van der Waals surface area (Å²) in [7, 11) is 1.50. The van der Waals surface area contributed by atoms with Gasteiger partial charge in [-0.15, -0.1) is 0 Å². The highest BCUT2D eigenvalue weighted by Gasteiger charge is 2.18. The molecule has 0 radical (unpaired) electrons. The number of carbonyl (C=O) groups is 1. The molecule has 3 N–H and O–H groups in total. The fraction of sp³-hybridized carbons (Fsp3) is 0.400. The van der Waals surface area contributed by atoms with Crippen molar-refractivity contribution in [1.29, 1.82) is 0 Å². The third kappa shape index (κ3) is 3.98. The Labute approximate surface area is 143 Å². The van der Waals surface area contributed by atoms with Crippen molar-refractivity contribution >= 4 is 6.03 Å². The van der Waals surface area contributed by atoms with Gasteiger partial charge in [0.25, 0.3) is 5.89 Å². The normalized spacial score (nSPS) is 13.6. The largest absolute Gasteiger partial charge is 0.454 e. The van der Waals surface area contributed by atoms with E-state index in [1.165, 1.54) is 11.9 Å². The minimum atomic E-state index is -0.987. The minimum Gasteiger partial charge on any atom is -0.454 e. The van der Waals surface area contributed by atoms with E-state index >= 15 is 0 Å². The van der Waals surface area contributed by atoms with Crippen LogP contribution >= 0.6 is 0 Å². The number of aromatic nitrogens is 2. The van der Waals surface area contributed by atoms with Gasteiger partial charge in [0.15, 0.2) is 17.3 Å². The van der Waals surface area contributed by atoms with Gasteiger partial charge in [0.1, 0.15) is 0 Å². The number of rotatable bonds is 6. The molecule has 1 aliphatic heterocycles. The van der Waals surface area contributed by atoms with Crippen LogP contribution < -0.4 is 14.8 Å². The Morgan fingerprint density at radius 2 is 2.20 bits per heavy atom. The van der Waals surface area contributed by atoms with Crippen LogP contribution in [0.2, 0.25) is 0 Å². The Kier molecular flexibility index (Phi) is 5.00. The zero-order valence-electron chi connectivity index (χ0n) is 13.5. The molecule has 1 aliphatic rings. The summed E-state index contributed by atoms with van der Waals surface area (Å²) in [5, 5.41) is 24.5. The molecule has 0 fully saturated rings. The second-order valence-corrected chi connectivity index (χ2v) is 5.46. The van der Waals surface area contributed by atoms with Crippen LogP contribution in [0.1, 0.15) is 5.82 Å². The van der Waals surface area contributed by atoms with Crippen LogP contribution in [0.25, 0.3) is 11.5 Å². The van der Waals surface area contributed by atoms with Gasteiger partial charge in [0.2, 0.25) is 6.79 Å². The van der Waals surface area contributed by atoms with Crippen molar-refractivity contribution in [2.45, 2.75) is 12.6 Å². The lowest BCUT2D eigenvalue weighted by molar-refractivity contribution is 0.0732. The highest BCUT2D eigenvalue weighted by Crippen LogP contribution is 2.35. The number of likely N-dealkylation sites (N-methyl/N-ethyl adjacent to an activating group) is 1. The molecule has 10 heteroatoms. The Morgan fingerprint density at radius 3 is 3.00 bits per heavy atom. The van der Waals surface area contributed by atoms with Crippen LogP contribution in [0.3, 0.4) is 0 Å². The molecule has 1 atom stereocenters. The number of aliphatic hydroxyl groups is 2. The molecule has 25 heavy (non-hydrogen) atoms. The third-order valence-corrected chi connectivity index (χ3v) is 3.53. The number of carbonyl (C=O) groups excluding carboxylic acids is 1. The number of hydrogen-bond donors (Lipinski definition) is 3. The lowest BCUT2D eigenvalue weighted by Crippen LogP contribution is -2.41. The number of nitrogens with one attached hydrogen (secondary N) is 1. The lowest BCUT2D eigenvalue weighted by atomic mass is 10.2. The Bertz CT molecular complexity index is 749. The van der Waals surface area contributed by atoms with E-state index in [1.54, 1.807) is 18.2 Å². The first-order valence-corrected chi connectivity index (χ1v) is 7.57. The molecule has 0 saturated heterocycles. The zero-order valence-corrected chi connectivity index (χ0v) is 13.5. The van der Waals surface area contributed by atoms with Crippen molar-refractivity contribution in [3.05, 3.63) is 24.0 Å². The molecule has 1 unspecified atom stereocenters. The van der Waals surface area contributed by atoms with Gasteiger partial charge in [-0.05, 0) is 18.2 Å². The van der Waals surface area contributed by atoms with Gasteiger partial charge in [-0.1, -0.05) is 5.16 Å². The first-order chi connectivity index (χ1) is 12.1. The molecule has 0 aliphatic carbocycles. The SMILES string of the molecule is CN(CC(O)CO)C(=O)NCc1noc(-c2ccc3c(c2)OCO3)n1. The van der Waals surface area contributed by atoms with Crippen LogP contribution in [-0.2, 0) is 6.54 Å². The van der Waals surface area contributed by atoms with E-state index in [-0.39, 0.29) is 19.9 Å². The predicted molar refractivity (Wildman–Crippen MR) is 83.8 cm³/mol. The zero-order chi connectivity index (χ0) is 17.8. The maximum Gasteiger partial charge on any atom is 0.317 e. The summed E-state index contributed by atoms with van der Waals surface area (Å²) in [6.07, 6.45) is -0.987. The Balaban J connectivity index is 1.58. The molecular formula is C15H18N4O6. The van der Waals surface area contributed by atoms with E-state index in [0.29, 0.717) is 28.8 Å². The third-order valence-electron chi connectivity index (χ3n) is 3.53. The molecule has 134 valence electrons. The van der Waals surface area contributed by atoms with Crippen LogP contribution in [0.5, 0.6) is 11.5 Å². The van der Waals surface area contributed by atoms with Crippen molar-refractivity contribution in [3.8, 4) is 23.0 Å². The van der Waals surface area contributed by atoms with Crippen molar-refractivity contribution in [3.63, 3.8) is 0 Å². The van der Waals surface area contributed by atoms with Crippen molar-refractivity contribution in [2.24, 2.45) is 0 Å². The summed E-state index contributed by atoms with van der Waals surface area (Å²) in [6, 6.07) is 4.84. The van der Waals surface area contributed by atoms with Gasteiger partial charge in [-0.3, -0.25) is 0 Å². The average molecular weight is 350 g/mol. The first-order valence-electron chi connectivity index (χ1n) is 7.57. The Hall–Kier alpha value is -2.85. The van der Waals surface area contributed by atoms with Crippen LogP contribution in [0.4, 0.5) is 4.79 Å². The van der Waals surface area contributed by atoms with Gasteiger partial charge < -0.3 is 34.4 Å². The number of amides is 2. The number of benzene rings is 1. The van der Waals surface area contributed by atoms with Crippen LogP contribution in [-0.4, -0.2) is 64.4 Å². The highest BCUT2D eigenvalue weighted by atomic mass is 16.7. The standard InChI is InChI=1S/C15H18N4O6/c1-19(6-10(21)7-20)15(22)16-5-13-17-14(25-18-13)9-2-3-11-12(4-9)24-8-23-11/h2-4,10,20-21H,5-8H2,1H3,(H,16,22). The molecule has 10 nitrogen and oxygen atoms in total. The van der Waals surface area contributed by atoms with Crippen LogP contribution in [0, 0.1) is 0 Å². The van der Waals surface area contributed by atoms with Crippen molar-refractivity contribution < 1.29 is 29.0 Å². The van der Waals surface area contributed by atoms with E-state index in [0.717, 1.165) is 0 Å². The maximum atomic E-state index is 11.9. The molecule has 1 aromatic heterocycles. The molecule has 0 bridgehead atoms. The molecular weight excluding hydrogens is 332 g/mol. The molecule has 2 heterocycles. The molecule has 3 rings (SSSR count). The summed E-state index contributed by atoms with van der Waals surface area (Å²) < 4.78 is 15.7. The second-order valence-electron chi connectivity index (χ2n) is 5.46. The summed E-state index contributed by atoms with van der Waals surface area (Å²) >= 11 is 0. The number of fused-ring (bicyclic) bond motifs is 1. The first kappa shape index (κ1) is 17.0. The highest BCUT2D eigenvalue weighted by molar-refractivity contribution is 5.73. The maximum absolute atomic E-state index is 11.9. The molecule has 2 amide bonds. The number of ether oxygens (including phenoxy) is 2. The summed E-state index contributed by atoms with van der Waals surface area (Å²) in [5.41, 5.74) is 0.678. The fourth-order valence-corrected chi connectivity index (χ4v) is 2.22. The quantitative estimate of drug-likeness (QED) is 0.662. The van der Waals surface area contributed by atoms with Gasteiger partial charge >= 0.3 is 6.03 Å². The van der Waals surface area contributed by atoms with Crippen molar-refractivity contribution in [2.75, 3.05) is 27.0 Å². The molecule has 0 saturated carbocycles. The monoisotopic (exact) mass is 350 g/mol. The average Bonchev–Trinajstić information content (AvgIpc) is 3.27. The topological polar surface area (TPSA) is 130 Å². The smallest absolute Gasteiger partial charge is 0.317 e. The lowest BCUT2D eigenvalue weighted by Gasteiger charge is -2.19. The minimum absolute atomic E-state index is 0.0109. The van der Waals surface area contributed by atoms with Crippen molar-refractivity contribution in [1.82, 2.24) is 20.4 Å². The van der Waals surface area contributed by atoms with Gasteiger partial charge in [-0.2, -0.15) is 4.98 Å². The van der Waals surface area contributed by atoms with Gasteiger partial charge in [-0.25, -0.2) is 4.79 Å². The molecule has 1 aromatic carbocycles. The number of urea groups is 1. The summed E-state index contributed by atoms with van der Waals surface area (Å²) in [5.74, 6) is 1.86. The van der Waals surface area contributed by atoms with E-state index in [4.69, 9.17) is 19.1 Å². The number of hydrogen-bond acceptors (Lipinski definition) is 8. The fourth-order valence-electron chi connectivity index (χ4n) is 2.22. The van der Waals surface area contributed by atoms with E-state index in [2.05, 4.69) is 15.5 Å². The van der Waals surface area contributed by atoms with E-state index in [1.807, 2.05) is 0 Å². The predicted octanol–water partition coefficient (Wildman–Crippen LogP) is -0.0401. The van der Waals surface area contributed by atoms with E-state index < -0.39 is 18.7 Å². The number of nitrogens with zero attached hydrogens (tertiary/aromatic N) is 3. The van der Waals surface area contributed by atoms with Gasteiger partial charge in [0.05, 0.1) is 25.8 Å². The Morgan fingerprint density at radius 1 is 1.40 bits per heavy atom.